The number of aliphatic hydroxyl groups excluding tert-OH is 2. The molecule has 9 nitrogen and oxygen atoms in total. The molecule has 9 heteroatoms. The first-order valence-corrected chi connectivity index (χ1v) is 8.47. The summed E-state index contributed by atoms with van der Waals surface area (Å²) >= 11 is 0. The van der Waals surface area contributed by atoms with Crippen molar-refractivity contribution in [3.05, 3.63) is 0 Å². The fourth-order valence-corrected chi connectivity index (χ4v) is 3.99. The number of hydrogen-bond donors (Lipinski definition) is 2. The van der Waals surface area contributed by atoms with E-state index in [-0.39, 0.29) is 13.0 Å². The average molecular weight is 360 g/mol. The van der Waals surface area contributed by atoms with Gasteiger partial charge in [0.25, 0.3) is 0 Å². The zero-order chi connectivity index (χ0) is 18.2. The predicted molar refractivity (Wildman–Crippen MR) is 79.1 cm³/mol. The lowest BCUT2D eigenvalue weighted by molar-refractivity contribution is -0.339. The van der Waals surface area contributed by atoms with E-state index in [2.05, 4.69) is 0 Å². The van der Waals surface area contributed by atoms with Gasteiger partial charge in [-0.3, -0.25) is 0 Å². The Morgan fingerprint density at radius 1 is 1.04 bits per heavy atom. The van der Waals surface area contributed by atoms with Crippen molar-refractivity contribution in [2.24, 2.45) is 0 Å². The van der Waals surface area contributed by atoms with E-state index in [1.807, 2.05) is 0 Å². The van der Waals surface area contributed by atoms with Crippen LogP contribution in [0.4, 0.5) is 0 Å². The van der Waals surface area contributed by atoms with Gasteiger partial charge in [-0.2, -0.15) is 0 Å². The number of fused-ring (bicyclic) bond motifs is 3. The molecule has 25 heavy (non-hydrogen) atoms. The second-order valence-electron chi connectivity index (χ2n) is 7.88. The van der Waals surface area contributed by atoms with Crippen molar-refractivity contribution >= 4 is 5.97 Å². The largest absolute Gasteiger partial charge is 0.454 e. The maximum absolute atomic E-state index is 11.9. The molecule has 0 aliphatic carbocycles. The lowest BCUT2D eigenvalue weighted by Gasteiger charge is -2.39. The average Bonchev–Trinajstić information content (AvgIpc) is 2.92. The van der Waals surface area contributed by atoms with Crippen LogP contribution in [0.25, 0.3) is 0 Å². The summed E-state index contributed by atoms with van der Waals surface area (Å²) in [6.45, 7) is 7.32. The van der Waals surface area contributed by atoms with Gasteiger partial charge in [0.2, 0.25) is 5.79 Å². The first-order chi connectivity index (χ1) is 11.5. The van der Waals surface area contributed by atoms with Crippen molar-refractivity contribution in [1.29, 1.82) is 0 Å². The number of cyclic esters (lactones) is 1. The van der Waals surface area contributed by atoms with E-state index < -0.39 is 60.0 Å². The van der Waals surface area contributed by atoms with Crippen LogP contribution in [-0.2, 0) is 33.2 Å². The molecule has 0 radical (unpaired) electrons. The van der Waals surface area contributed by atoms with Crippen LogP contribution >= 0.6 is 0 Å². The third kappa shape index (κ3) is 2.69. The van der Waals surface area contributed by atoms with E-state index in [0.717, 1.165) is 0 Å². The summed E-state index contributed by atoms with van der Waals surface area (Å²) in [5.41, 5.74) is 0. The van der Waals surface area contributed by atoms with Crippen molar-refractivity contribution in [2.75, 3.05) is 6.61 Å². The Labute approximate surface area is 145 Å². The quantitative estimate of drug-likeness (QED) is 0.593. The van der Waals surface area contributed by atoms with E-state index in [4.69, 9.17) is 28.4 Å². The third-order valence-corrected chi connectivity index (χ3v) is 5.00. The number of aliphatic hydroxyl groups is 2. The molecule has 4 aliphatic heterocycles. The summed E-state index contributed by atoms with van der Waals surface area (Å²) < 4.78 is 35.1. The fraction of sp³-hybridized carbons (Fsp3) is 0.938. The number of esters is 1. The highest BCUT2D eigenvalue weighted by molar-refractivity contribution is 5.76. The summed E-state index contributed by atoms with van der Waals surface area (Å²) in [6, 6.07) is 0. The van der Waals surface area contributed by atoms with E-state index in [1.165, 1.54) is 0 Å². The molecular weight excluding hydrogens is 336 g/mol. The Kier molecular flexibility index (Phi) is 3.77. The van der Waals surface area contributed by atoms with Crippen molar-refractivity contribution in [3.8, 4) is 0 Å². The molecule has 0 aromatic carbocycles. The molecule has 4 saturated heterocycles. The molecule has 4 heterocycles. The number of hydrogen-bond acceptors (Lipinski definition) is 9. The van der Waals surface area contributed by atoms with Gasteiger partial charge in [0.05, 0.1) is 12.7 Å². The van der Waals surface area contributed by atoms with Crippen LogP contribution in [0.2, 0.25) is 0 Å². The van der Waals surface area contributed by atoms with E-state index in [9.17, 15) is 15.0 Å². The summed E-state index contributed by atoms with van der Waals surface area (Å²) in [7, 11) is 0. The molecule has 0 aromatic heterocycles. The minimum absolute atomic E-state index is 0.0352. The normalized spacial score (nSPS) is 50.9. The Morgan fingerprint density at radius 2 is 1.76 bits per heavy atom. The van der Waals surface area contributed by atoms with Gasteiger partial charge in [-0.05, 0) is 27.7 Å². The Hall–Kier alpha value is -0.810. The first-order valence-electron chi connectivity index (χ1n) is 8.47. The minimum atomic E-state index is -1.58. The summed E-state index contributed by atoms with van der Waals surface area (Å²) in [5.74, 6) is -4.15. The second-order valence-corrected chi connectivity index (χ2v) is 7.88. The van der Waals surface area contributed by atoms with Crippen LogP contribution in [0.15, 0.2) is 0 Å². The highest BCUT2D eigenvalue weighted by Crippen LogP contribution is 2.52. The molecule has 0 spiro atoms. The van der Waals surface area contributed by atoms with Crippen molar-refractivity contribution in [1.82, 2.24) is 0 Å². The van der Waals surface area contributed by atoms with Crippen LogP contribution in [0.1, 0.15) is 34.1 Å². The van der Waals surface area contributed by atoms with Gasteiger partial charge < -0.3 is 38.6 Å². The maximum atomic E-state index is 11.9. The molecule has 2 N–H and O–H groups in total. The zero-order valence-electron chi connectivity index (χ0n) is 14.6. The van der Waals surface area contributed by atoms with E-state index in [1.54, 1.807) is 27.7 Å². The molecule has 0 aromatic rings. The standard InChI is InChI=1S/C16H24O9/c1-14(2)20-6-8-11(23-14)12-16(22-8,25-15(3,4)24-12)9-5-7(17)10(18)13(19)21-9/h7-12,17-18H,5-6H2,1-4H3/t7-,8+,9-,10-,11-,12+,16+/m1/s1. The van der Waals surface area contributed by atoms with Gasteiger partial charge in [0, 0.05) is 6.42 Å². The lowest BCUT2D eigenvalue weighted by Crippen LogP contribution is -2.59. The summed E-state index contributed by atoms with van der Waals surface area (Å²) in [6.07, 6.45) is -5.44. The van der Waals surface area contributed by atoms with Crippen LogP contribution in [0.5, 0.6) is 0 Å². The highest BCUT2D eigenvalue weighted by atomic mass is 16.9. The fourth-order valence-electron chi connectivity index (χ4n) is 3.99. The highest BCUT2D eigenvalue weighted by Gasteiger charge is 2.71. The van der Waals surface area contributed by atoms with Gasteiger partial charge >= 0.3 is 5.97 Å². The Bertz CT molecular complexity index is 576. The summed E-state index contributed by atoms with van der Waals surface area (Å²) in [5, 5.41) is 19.6. The number of carbonyl (C=O) groups excluding carboxylic acids is 1. The molecule has 0 unspecified atom stereocenters. The molecule has 4 aliphatic rings. The Morgan fingerprint density at radius 3 is 2.44 bits per heavy atom. The van der Waals surface area contributed by atoms with Gasteiger partial charge in [0.15, 0.2) is 23.8 Å². The van der Waals surface area contributed by atoms with Crippen molar-refractivity contribution < 1.29 is 43.4 Å². The maximum Gasteiger partial charge on any atom is 0.338 e. The van der Waals surface area contributed by atoms with E-state index >= 15 is 0 Å². The van der Waals surface area contributed by atoms with Crippen LogP contribution in [-0.4, -0.2) is 76.8 Å². The second kappa shape index (κ2) is 5.35. The minimum Gasteiger partial charge on any atom is -0.454 e. The molecule has 7 atom stereocenters. The van der Waals surface area contributed by atoms with Crippen molar-refractivity contribution in [3.63, 3.8) is 0 Å². The van der Waals surface area contributed by atoms with Crippen LogP contribution < -0.4 is 0 Å². The molecule has 0 amide bonds. The van der Waals surface area contributed by atoms with E-state index in [0.29, 0.717) is 0 Å². The molecule has 142 valence electrons. The molecular formula is C16H24O9. The van der Waals surface area contributed by atoms with Crippen LogP contribution in [0, 0.1) is 0 Å². The smallest absolute Gasteiger partial charge is 0.338 e. The van der Waals surface area contributed by atoms with Gasteiger partial charge in [-0.25, -0.2) is 4.79 Å². The van der Waals surface area contributed by atoms with Gasteiger partial charge in [0.1, 0.15) is 18.3 Å². The SMILES string of the molecule is CC1(C)OC[C@@H]2O[C@@]3([C@H]4C[C@@H](O)[C@@H](O)C(=O)O4)OC(C)(C)O[C@H]3[C@@H]2O1. The third-order valence-electron chi connectivity index (χ3n) is 5.00. The van der Waals surface area contributed by atoms with Gasteiger partial charge in [-0.15, -0.1) is 0 Å². The molecule has 4 fully saturated rings. The first kappa shape index (κ1) is 17.6. The molecule has 0 bridgehead atoms. The lowest BCUT2D eigenvalue weighted by atomic mass is 9.92. The van der Waals surface area contributed by atoms with Crippen LogP contribution in [0.3, 0.4) is 0 Å². The zero-order valence-corrected chi connectivity index (χ0v) is 14.6. The number of rotatable bonds is 1. The topological polar surface area (TPSA) is 113 Å². The molecule has 4 rings (SSSR count). The van der Waals surface area contributed by atoms with Crippen molar-refractivity contribution in [2.45, 2.75) is 88.1 Å². The Balaban J connectivity index is 1.67. The summed E-state index contributed by atoms with van der Waals surface area (Å²) in [4.78, 5) is 11.9. The van der Waals surface area contributed by atoms with Gasteiger partial charge in [-0.1, -0.05) is 0 Å². The molecule has 0 saturated carbocycles. The predicted octanol–water partition coefficient (Wildman–Crippen LogP) is -0.578. The number of ether oxygens (including phenoxy) is 6. The monoisotopic (exact) mass is 360 g/mol. The number of carbonyl (C=O) groups is 1.